The van der Waals surface area contributed by atoms with Gasteiger partial charge in [-0.05, 0) is 18.2 Å². The van der Waals surface area contributed by atoms with Crippen molar-refractivity contribution in [3.63, 3.8) is 0 Å². The van der Waals surface area contributed by atoms with Crippen LogP contribution in [0.2, 0.25) is 0 Å². The Bertz CT molecular complexity index is 1220. The summed E-state index contributed by atoms with van der Waals surface area (Å²) in [4.78, 5) is 14.4. The van der Waals surface area contributed by atoms with Crippen LogP contribution >= 0.6 is 0 Å². The molecule has 1 atom stereocenters. The zero-order chi connectivity index (χ0) is 22.1. The molecule has 3 heterocycles. The first-order chi connectivity index (χ1) is 14.9. The molecule has 4 rings (SSSR count). The molecular weight excluding hydrogens is 403 g/mol. The standard InChI is InChI=1S/C20H21FN8O2/c1-28(20(30)31-2)15-16(22)25-18(26-17(15)23)14-12-7-5-9-24-19(12)29(27-14)10-11-6-3-4-8-13(11)21/h3-9,20,30H,10H2,1-2H3,(H4,22,23,25,26). The minimum absolute atomic E-state index is 0.0433. The molecule has 1 aromatic carbocycles. The molecule has 0 aliphatic heterocycles. The molecule has 3 aromatic heterocycles. The van der Waals surface area contributed by atoms with Crippen LogP contribution in [0.25, 0.3) is 22.6 Å². The lowest BCUT2D eigenvalue weighted by Gasteiger charge is -2.25. The van der Waals surface area contributed by atoms with Crippen LogP contribution in [0.3, 0.4) is 0 Å². The van der Waals surface area contributed by atoms with Crippen molar-refractivity contribution in [2.24, 2.45) is 0 Å². The summed E-state index contributed by atoms with van der Waals surface area (Å²) in [6.07, 6.45) is 0.350. The fraction of sp³-hybridized carbons (Fsp3) is 0.200. The summed E-state index contributed by atoms with van der Waals surface area (Å²) in [5, 5.41) is 15.1. The molecule has 4 aromatic rings. The highest BCUT2D eigenvalue weighted by molar-refractivity contribution is 5.90. The highest BCUT2D eigenvalue weighted by Gasteiger charge is 2.23. The van der Waals surface area contributed by atoms with E-state index in [1.807, 2.05) is 6.07 Å². The van der Waals surface area contributed by atoms with Crippen molar-refractivity contribution >= 4 is 28.4 Å². The van der Waals surface area contributed by atoms with E-state index >= 15 is 0 Å². The Morgan fingerprint density at radius 3 is 2.55 bits per heavy atom. The Hall–Kier alpha value is -3.83. The average Bonchev–Trinajstić information content (AvgIpc) is 3.12. The Balaban J connectivity index is 1.81. The van der Waals surface area contributed by atoms with E-state index in [-0.39, 0.29) is 35.5 Å². The van der Waals surface area contributed by atoms with Crippen LogP contribution in [0.5, 0.6) is 0 Å². The summed E-state index contributed by atoms with van der Waals surface area (Å²) in [5.74, 6) is -0.0645. The van der Waals surface area contributed by atoms with Crippen LogP contribution in [0.1, 0.15) is 5.56 Å². The van der Waals surface area contributed by atoms with Gasteiger partial charge < -0.3 is 26.2 Å². The van der Waals surface area contributed by atoms with Crippen molar-refractivity contribution in [2.45, 2.75) is 13.0 Å². The topological polar surface area (TPSA) is 141 Å². The highest BCUT2D eigenvalue weighted by Crippen LogP contribution is 2.32. The maximum Gasteiger partial charge on any atom is 0.237 e. The third-order valence-electron chi connectivity index (χ3n) is 4.83. The van der Waals surface area contributed by atoms with Gasteiger partial charge in [0.05, 0.1) is 11.9 Å². The largest absolute Gasteiger partial charge is 0.382 e. The zero-order valence-electron chi connectivity index (χ0n) is 16.9. The number of ether oxygens (including phenoxy) is 1. The number of pyridine rings is 1. The summed E-state index contributed by atoms with van der Waals surface area (Å²) in [6, 6.07) is 10.0. The van der Waals surface area contributed by atoms with Crippen molar-refractivity contribution in [1.82, 2.24) is 24.7 Å². The van der Waals surface area contributed by atoms with E-state index in [0.717, 1.165) is 0 Å². The first-order valence-corrected chi connectivity index (χ1v) is 9.32. The molecule has 10 nitrogen and oxygen atoms in total. The second-order valence-electron chi connectivity index (χ2n) is 6.81. The maximum atomic E-state index is 14.2. The van der Waals surface area contributed by atoms with E-state index in [1.165, 1.54) is 18.1 Å². The van der Waals surface area contributed by atoms with Gasteiger partial charge in [0.15, 0.2) is 23.1 Å². The number of anilines is 3. The molecule has 0 aliphatic rings. The van der Waals surface area contributed by atoms with E-state index in [0.29, 0.717) is 22.3 Å². The predicted molar refractivity (Wildman–Crippen MR) is 114 cm³/mol. The van der Waals surface area contributed by atoms with Gasteiger partial charge in [0.25, 0.3) is 0 Å². The first kappa shape index (κ1) is 20.4. The Kier molecular flexibility index (Phi) is 5.36. The quantitative estimate of drug-likeness (QED) is 0.393. The maximum absolute atomic E-state index is 14.2. The normalized spacial score (nSPS) is 12.3. The zero-order valence-corrected chi connectivity index (χ0v) is 16.9. The van der Waals surface area contributed by atoms with Crippen molar-refractivity contribution in [2.75, 3.05) is 30.5 Å². The smallest absolute Gasteiger partial charge is 0.237 e. The molecule has 0 bridgehead atoms. The van der Waals surface area contributed by atoms with Crippen LogP contribution in [0.15, 0.2) is 42.6 Å². The number of aliphatic hydroxyl groups excluding tert-OH is 1. The molecule has 0 saturated heterocycles. The van der Waals surface area contributed by atoms with E-state index in [4.69, 9.17) is 16.2 Å². The number of aliphatic hydroxyl groups is 1. The fourth-order valence-corrected chi connectivity index (χ4v) is 3.30. The first-order valence-electron chi connectivity index (χ1n) is 9.32. The van der Waals surface area contributed by atoms with Gasteiger partial charge >= 0.3 is 0 Å². The van der Waals surface area contributed by atoms with Gasteiger partial charge in [0.2, 0.25) is 6.41 Å². The van der Waals surface area contributed by atoms with Crippen LogP contribution in [-0.2, 0) is 11.3 Å². The van der Waals surface area contributed by atoms with Gasteiger partial charge in [0.1, 0.15) is 17.2 Å². The number of benzene rings is 1. The number of aromatic nitrogens is 5. The third kappa shape index (κ3) is 3.71. The van der Waals surface area contributed by atoms with Crippen LogP contribution in [-0.4, -0.2) is 50.4 Å². The number of hydrogen-bond donors (Lipinski definition) is 3. The number of methoxy groups -OCH3 is 1. The molecule has 0 spiro atoms. The second kappa shape index (κ2) is 8.13. The number of hydrogen-bond acceptors (Lipinski definition) is 9. The van der Waals surface area contributed by atoms with Gasteiger partial charge in [-0.3, -0.25) is 0 Å². The van der Waals surface area contributed by atoms with Crippen LogP contribution < -0.4 is 16.4 Å². The molecular formula is C20H21FN8O2. The summed E-state index contributed by atoms with van der Waals surface area (Å²) >= 11 is 0. The van der Waals surface area contributed by atoms with E-state index in [1.54, 1.807) is 42.2 Å². The van der Waals surface area contributed by atoms with E-state index < -0.39 is 6.41 Å². The van der Waals surface area contributed by atoms with Gasteiger partial charge in [-0.1, -0.05) is 18.2 Å². The van der Waals surface area contributed by atoms with Crippen molar-refractivity contribution < 1.29 is 14.2 Å². The lowest BCUT2D eigenvalue weighted by molar-refractivity contribution is -0.0708. The minimum atomic E-state index is -1.27. The molecule has 160 valence electrons. The van der Waals surface area contributed by atoms with Gasteiger partial charge in [-0.25, -0.2) is 24.0 Å². The predicted octanol–water partition coefficient (Wildman–Crippen LogP) is 1.60. The molecule has 5 N–H and O–H groups in total. The number of nitrogen functional groups attached to an aromatic ring is 2. The minimum Gasteiger partial charge on any atom is -0.382 e. The molecule has 31 heavy (non-hydrogen) atoms. The number of halogens is 1. The Morgan fingerprint density at radius 1 is 1.16 bits per heavy atom. The monoisotopic (exact) mass is 424 g/mol. The molecule has 0 amide bonds. The van der Waals surface area contributed by atoms with Gasteiger partial charge in [0, 0.05) is 25.9 Å². The van der Waals surface area contributed by atoms with Gasteiger partial charge in [-0.15, -0.1) is 0 Å². The summed E-state index contributed by atoms with van der Waals surface area (Å²) in [5.41, 5.74) is 13.9. The van der Waals surface area contributed by atoms with Crippen molar-refractivity contribution in [3.05, 3.63) is 54.0 Å². The number of nitrogens with zero attached hydrogens (tertiary/aromatic N) is 6. The van der Waals surface area contributed by atoms with Gasteiger partial charge in [-0.2, -0.15) is 5.10 Å². The molecule has 1 unspecified atom stereocenters. The van der Waals surface area contributed by atoms with Crippen LogP contribution in [0, 0.1) is 5.82 Å². The number of fused-ring (bicyclic) bond motifs is 1. The molecule has 0 fully saturated rings. The highest BCUT2D eigenvalue weighted by atomic mass is 19.1. The van der Waals surface area contributed by atoms with E-state index in [2.05, 4.69) is 20.1 Å². The number of nitrogens with two attached hydrogens (primary N) is 2. The number of rotatable bonds is 6. The fourth-order valence-electron chi connectivity index (χ4n) is 3.30. The molecule has 11 heteroatoms. The lowest BCUT2D eigenvalue weighted by Crippen LogP contribution is -2.34. The lowest BCUT2D eigenvalue weighted by atomic mass is 10.2. The molecule has 0 aliphatic carbocycles. The third-order valence-corrected chi connectivity index (χ3v) is 4.83. The second-order valence-corrected chi connectivity index (χ2v) is 6.81. The average molecular weight is 424 g/mol. The van der Waals surface area contributed by atoms with Crippen molar-refractivity contribution in [1.29, 1.82) is 0 Å². The summed E-state index contributed by atoms with van der Waals surface area (Å²) in [7, 11) is 2.88. The van der Waals surface area contributed by atoms with Crippen molar-refractivity contribution in [3.8, 4) is 11.5 Å². The van der Waals surface area contributed by atoms with E-state index in [9.17, 15) is 9.50 Å². The Labute approximate surface area is 176 Å². The SMILES string of the molecule is COC(O)N(C)c1c(N)nc(-c2nn(Cc3ccccc3F)c3ncccc23)nc1N. The summed E-state index contributed by atoms with van der Waals surface area (Å²) < 4.78 is 20.6. The van der Waals surface area contributed by atoms with Crippen LogP contribution in [0.4, 0.5) is 21.7 Å². The summed E-state index contributed by atoms with van der Waals surface area (Å²) in [6.45, 7) is 0.173. The molecule has 0 saturated carbocycles. The molecule has 0 radical (unpaired) electrons. The Morgan fingerprint density at radius 2 is 1.87 bits per heavy atom.